The van der Waals surface area contributed by atoms with Gasteiger partial charge < -0.3 is 14.5 Å². The third-order valence-corrected chi connectivity index (χ3v) is 7.62. The Bertz CT molecular complexity index is 1100. The Morgan fingerprint density at radius 1 is 0.846 bits per heavy atom. The Balaban J connectivity index is 0.000000833. The van der Waals surface area contributed by atoms with Crippen molar-refractivity contribution in [3.05, 3.63) is 69.8 Å². The van der Waals surface area contributed by atoms with Gasteiger partial charge in [0.25, 0.3) is 11.8 Å². The topological polar surface area (TPSA) is 49.9 Å². The number of ether oxygens (including phenoxy) is 1. The number of carbonyl (C=O) groups is 2. The minimum atomic E-state index is -0.967. The number of likely N-dealkylation sites (tertiary alicyclic amines) is 1. The van der Waals surface area contributed by atoms with E-state index in [2.05, 4.69) is 0 Å². The molecule has 3 saturated heterocycles. The molecule has 3 heterocycles. The molecule has 7 heteroatoms. The van der Waals surface area contributed by atoms with Gasteiger partial charge in [-0.15, -0.1) is 0 Å². The van der Waals surface area contributed by atoms with E-state index in [9.17, 15) is 18.4 Å². The molecule has 2 amide bonds. The number of piperidine rings is 1. The molecule has 2 aromatic carbocycles. The van der Waals surface area contributed by atoms with Gasteiger partial charge in [0.2, 0.25) is 0 Å². The first kappa shape index (κ1) is 32.4. The van der Waals surface area contributed by atoms with Gasteiger partial charge in [0.1, 0.15) is 17.9 Å². The standard InChI is InChI=1S/C26H28F2N2O3.3C2H6/c1-15-10-19(11-16(2)17(15)3)24(31)29-8-6-26(7-9-29)25(32)30-22(4-5-23(30)33-26)18-12-20(27)14-21(28)13-18;3*1-2/h10-14,22-23H,4-9H2,1-3H3;3*1-2H3. The second-order valence-corrected chi connectivity index (χ2v) is 9.60. The highest BCUT2D eigenvalue weighted by Crippen LogP contribution is 2.47. The number of benzene rings is 2. The summed E-state index contributed by atoms with van der Waals surface area (Å²) in [5.74, 6) is -1.46. The number of rotatable bonds is 2. The fraction of sp³-hybridized carbons (Fsp3) is 0.562. The summed E-state index contributed by atoms with van der Waals surface area (Å²) in [5.41, 5.74) is 3.51. The van der Waals surface area contributed by atoms with Crippen LogP contribution >= 0.6 is 0 Å². The molecule has 216 valence electrons. The molecule has 0 radical (unpaired) electrons. The molecule has 1 spiro atoms. The van der Waals surface area contributed by atoms with Crippen LogP contribution in [0, 0.1) is 32.4 Å². The van der Waals surface area contributed by atoms with Gasteiger partial charge >= 0.3 is 0 Å². The molecule has 0 aromatic heterocycles. The summed E-state index contributed by atoms with van der Waals surface area (Å²) < 4.78 is 33.9. The van der Waals surface area contributed by atoms with Crippen LogP contribution in [0.4, 0.5) is 8.78 Å². The lowest BCUT2D eigenvalue weighted by Gasteiger charge is -2.37. The van der Waals surface area contributed by atoms with Crippen molar-refractivity contribution >= 4 is 11.8 Å². The first-order valence-corrected chi connectivity index (χ1v) is 14.5. The summed E-state index contributed by atoms with van der Waals surface area (Å²) >= 11 is 0. The smallest absolute Gasteiger partial charge is 0.257 e. The molecule has 2 aromatic rings. The molecule has 3 aliphatic heterocycles. The summed E-state index contributed by atoms with van der Waals surface area (Å²) in [4.78, 5) is 30.1. The number of fused-ring (bicyclic) bond motifs is 1. The molecule has 0 bridgehead atoms. The van der Waals surface area contributed by atoms with Crippen molar-refractivity contribution in [2.75, 3.05) is 13.1 Å². The van der Waals surface area contributed by atoms with Crippen molar-refractivity contribution < 1.29 is 23.1 Å². The van der Waals surface area contributed by atoms with E-state index in [4.69, 9.17) is 4.74 Å². The Kier molecular flexibility index (Phi) is 11.6. The molecular formula is C32H46F2N2O3. The van der Waals surface area contributed by atoms with Crippen LogP contribution < -0.4 is 0 Å². The lowest BCUT2D eigenvalue weighted by atomic mass is 9.89. The molecule has 2 unspecified atom stereocenters. The number of halogens is 2. The molecule has 39 heavy (non-hydrogen) atoms. The van der Waals surface area contributed by atoms with Gasteiger partial charge in [-0.3, -0.25) is 9.59 Å². The fourth-order valence-corrected chi connectivity index (χ4v) is 5.55. The average molecular weight is 545 g/mol. The van der Waals surface area contributed by atoms with Crippen LogP contribution in [0.3, 0.4) is 0 Å². The summed E-state index contributed by atoms with van der Waals surface area (Å²) in [6, 6.07) is 6.87. The third kappa shape index (κ3) is 6.51. The zero-order chi connectivity index (χ0) is 29.5. The van der Waals surface area contributed by atoms with Crippen LogP contribution in [0.5, 0.6) is 0 Å². The maximum atomic E-state index is 13.8. The van der Waals surface area contributed by atoms with Gasteiger partial charge in [0.05, 0.1) is 6.04 Å². The third-order valence-electron chi connectivity index (χ3n) is 7.62. The molecule has 5 nitrogen and oxygen atoms in total. The predicted octanol–water partition coefficient (Wildman–Crippen LogP) is 7.66. The maximum Gasteiger partial charge on any atom is 0.257 e. The number of hydrogen-bond donors (Lipinski definition) is 0. The van der Waals surface area contributed by atoms with Gasteiger partial charge in [0, 0.05) is 37.6 Å². The van der Waals surface area contributed by atoms with Crippen LogP contribution in [-0.2, 0) is 9.53 Å². The lowest BCUT2D eigenvalue weighted by Crippen LogP contribution is -2.51. The molecule has 0 saturated carbocycles. The first-order chi connectivity index (χ1) is 18.7. The Hall–Kier alpha value is -2.80. The SMILES string of the molecule is CC.CC.CC.Cc1cc(C(=O)N2CCC3(CC2)OC2CCC(c4cc(F)cc(F)c4)N2C3=O)cc(C)c1C. The van der Waals surface area contributed by atoms with E-state index in [1.165, 1.54) is 17.7 Å². The first-order valence-electron chi connectivity index (χ1n) is 14.5. The highest BCUT2D eigenvalue weighted by molar-refractivity contribution is 5.95. The number of amides is 2. The predicted molar refractivity (Wildman–Crippen MR) is 153 cm³/mol. The second-order valence-electron chi connectivity index (χ2n) is 9.60. The zero-order valence-electron chi connectivity index (χ0n) is 25.2. The van der Waals surface area contributed by atoms with Crippen molar-refractivity contribution in [2.45, 2.75) is 106 Å². The minimum Gasteiger partial charge on any atom is -0.342 e. The summed E-state index contributed by atoms with van der Waals surface area (Å²) in [6.07, 6.45) is 1.67. The minimum absolute atomic E-state index is 0.0323. The lowest BCUT2D eigenvalue weighted by molar-refractivity contribution is -0.142. The normalized spacial score (nSPS) is 20.7. The average Bonchev–Trinajstić information content (AvgIpc) is 3.47. The Morgan fingerprint density at radius 2 is 1.36 bits per heavy atom. The van der Waals surface area contributed by atoms with E-state index in [1.807, 2.05) is 74.4 Å². The van der Waals surface area contributed by atoms with Gasteiger partial charge in [-0.25, -0.2) is 8.78 Å². The fourth-order valence-electron chi connectivity index (χ4n) is 5.55. The molecule has 0 aliphatic carbocycles. The highest BCUT2D eigenvalue weighted by Gasteiger charge is 2.58. The van der Waals surface area contributed by atoms with Crippen LogP contribution in [0.15, 0.2) is 30.3 Å². The van der Waals surface area contributed by atoms with Crippen molar-refractivity contribution in [2.24, 2.45) is 0 Å². The molecule has 2 atom stereocenters. The van der Waals surface area contributed by atoms with E-state index in [0.29, 0.717) is 49.9 Å². The van der Waals surface area contributed by atoms with Crippen LogP contribution in [0.2, 0.25) is 0 Å². The largest absolute Gasteiger partial charge is 0.342 e. The van der Waals surface area contributed by atoms with Crippen LogP contribution in [0.1, 0.15) is 106 Å². The van der Waals surface area contributed by atoms with E-state index in [0.717, 1.165) is 17.2 Å². The quantitative estimate of drug-likeness (QED) is 0.390. The number of nitrogens with zero attached hydrogens (tertiary/aromatic N) is 2. The number of carbonyl (C=O) groups excluding carboxylic acids is 2. The van der Waals surface area contributed by atoms with Crippen molar-refractivity contribution in [1.29, 1.82) is 0 Å². The van der Waals surface area contributed by atoms with E-state index in [1.54, 1.807) is 9.80 Å². The van der Waals surface area contributed by atoms with E-state index < -0.39 is 29.5 Å². The summed E-state index contributed by atoms with van der Waals surface area (Å²) in [6.45, 7) is 18.9. The van der Waals surface area contributed by atoms with Gasteiger partial charge in [0.15, 0.2) is 5.60 Å². The highest BCUT2D eigenvalue weighted by atomic mass is 19.1. The summed E-state index contributed by atoms with van der Waals surface area (Å²) in [7, 11) is 0. The van der Waals surface area contributed by atoms with Gasteiger partial charge in [-0.05, 0) is 80.1 Å². The monoisotopic (exact) mass is 544 g/mol. The molecule has 3 fully saturated rings. The Labute approximate surface area is 233 Å². The van der Waals surface area contributed by atoms with E-state index in [-0.39, 0.29) is 11.8 Å². The maximum absolute atomic E-state index is 13.8. The molecule has 3 aliphatic rings. The molecular weight excluding hydrogens is 498 g/mol. The van der Waals surface area contributed by atoms with Crippen molar-refractivity contribution in [3.63, 3.8) is 0 Å². The van der Waals surface area contributed by atoms with E-state index >= 15 is 0 Å². The van der Waals surface area contributed by atoms with Crippen molar-refractivity contribution in [3.8, 4) is 0 Å². The second kappa shape index (κ2) is 14.0. The van der Waals surface area contributed by atoms with Crippen LogP contribution in [0.25, 0.3) is 0 Å². The number of hydrogen-bond acceptors (Lipinski definition) is 3. The van der Waals surface area contributed by atoms with Crippen LogP contribution in [-0.4, -0.2) is 46.5 Å². The summed E-state index contributed by atoms with van der Waals surface area (Å²) in [5, 5.41) is 0. The van der Waals surface area contributed by atoms with Gasteiger partial charge in [-0.1, -0.05) is 41.5 Å². The zero-order valence-corrected chi connectivity index (χ0v) is 25.2. The van der Waals surface area contributed by atoms with Gasteiger partial charge in [-0.2, -0.15) is 0 Å². The molecule has 5 rings (SSSR count). The number of aryl methyl sites for hydroxylation is 2. The van der Waals surface area contributed by atoms with Crippen molar-refractivity contribution in [1.82, 2.24) is 9.80 Å². The Morgan fingerprint density at radius 3 is 1.87 bits per heavy atom. The molecule has 0 N–H and O–H groups in total.